The first kappa shape index (κ1) is 15.1. The minimum Gasteiger partial charge on any atom is -0.356 e. The van der Waals surface area contributed by atoms with Crippen LogP contribution in [-0.2, 0) is 11.2 Å². The van der Waals surface area contributed by atoms with Crippen LogP contribution < -0.4 is 11.1 Å². The number of rotatable bonds is 8. The number of nitro groups is 1. The highest BCUT2D eigenvalue weighted by molar-refractivity contribution is 5.76. The fraction of sp³-hybridized carbons (Fsp3) is 0.462. The second-order valence-electron chi connectivity index (χ2n) is 4.27. The second-order valence-corrected chi connectivity index (χ2v) is 4.27. The first-order valence-electron chi connectivity index (χ1n) is 6.33. The smallest absolute Gasteiger partial charge is 0.269 e. The van der Waals surface area contributed by atoms with Crippen molar-refractivity contribution < 1.29 is 9.72 Å². The zero-order valence-corrected chi connectivity index (χ0v) is 10.8. The lowest BCUT2D eigenvalue weighted by Crippen LogP contribution is -2.25. The summed E-state index contributed by atoms with van der Waals surface area (Å²) in [5.41, 5.74) is 6.20. The molecule has 1 aromatic carbocycles. The normalized spacial score (nSPS) is 10.2. The molecule has 0 fully saturated rings. The summed E-state index contributed by atoms with van der Waals surface area (Å²) in [4.78, 5) is 21.7. The highest BCUT2D eigenvalue weighted by Crippen LogP contribution is 2.14. The number of nitro benzene ring substituents is 1. The van der Waals surface area contributed by atoms with Gasteiger partial charge in [-0.25, -0.2) is 0 Å². The molecule has 104 valence electrons. The monoisotopic (exact) mass is 265 g/mol. The molecule has 0 aliphatic rings. The van der Waals surface area contributed by atoms with Crippen molar-refractivity contribution >= 4 is 11.6 Å². The van der Waals surface area contributed by atoms with Crippen molar-refractivity contribution in [2.75, 3.05) is 13.1 Å². The molecule has 0 aliphatic heterocycles. The van der Waals surface area contributed by atoms with Crippen LogP contribution in [0.3, 0.4) is 0 Å². The largest absolute Gasteiger partial charge is 0.356 e. The Kier molecular flexibility index (Phi) is 6.52. The van der Waals surface area contributed by atoms with Gasteiger partial charge in [0.1, 0.15) is 0 Å². The number of benzene rings is 1. The Bertz CT molecular complexity index is 435. The SMILES string of the molecule is NCCCCNC(=O)CCc1cccc([N+](=O)[O-])c1. The first-order valence-corrected chi connectivity index (χ1v) is 6.33. The number of unbranched alkanes of at least 4 members (excludes halogenated alkanes) is 1. The second kappa shape index (κ2) is 8.20. The maximum Gasteiger partial charge on any atom is 0.269 e. The molecule has 0 aliphatic carbocycles. The van der Waals surface area contributed by atoms with Gasteiger partial charge in [-0.3, -0.25) is 14.9 Å². The molecule has 3 N–H and O–H groups in total. The molecule has 0 aromatic heterocycles. The molecule has 1 aromatic rings. The number of amides is 1. The molecule has 0 unspecified atom stereocenters. The van der Waals surface area contributed by atoms with Crippen molar-refractivity contribution in [2.24, 2.45) is 5.73 Å². The first-order chi connectivity index (χ1) is 9.13. The fourth-order valence-corrected chi connectivity index (χ4v) is 1.67. The van der Waals surface area contributed by atoms with Gasteiger partial charge in [-0.1, -0.05) is 12.1 Å². The summed E-state index contributed by atoms with van der Waals surface area (Å²) in [5, 5.41) is 13.4. The number of carbonyl (C=O) groups is 1. The summed E-state index contributed by atoms with van der Waals surface area (Å²) >= 11 is 0. The molecule has 0 saturated carbocycles. The summed E-state index contributed by atoms with van der Waals surface area (Å²) in [5.74, 6) is -0.0384. The summed E-state index contributed by atoms with van der Waals surface area (Å²) in [7, 11) is 0. The van der Waals surface area contributed by atoms with Crippen LogP contribution in [0.1, 0.15) is 24.8 Å². The van der Waals surface area contributed by atoms with Crippen LogP contribution >= 0.6 is 0 Å². The average molecular weight is 265 g/mol. The molecule has 0 atom stereocenters. The molecular weight excluding hydrogens is 246 g/mol. The molecule has 0 saturated heterocycles. The Labute approximate surface area is 112 Å². The maximum absolute atomic E-state index is 11.5. The van der Waals surface area contributed by atoms with Gasteiger partial charge in [-0.15, -0.1) is 0 Å². The Hall–Kier alpha value is -1.95. The quantitative estimate of drug-likeness (QED) is 0.421. The Morgan fingerprint density at radius 1 is 1.37 bits per heavy atom. The lowest BCUT2D eigenvalue weighted by Gasteiger charge is -2.04. The van der Waals surface area contributed by atoms with E-state index in [1.807, 2.05) is 0 Å². The van der Waals surface area contributed by atoms with Crippen LogP contribution in [-0.4, -0.2) is 23.9 Å². The maximum atomic E-state index is 11.5. The van der Waals surface area contributed by atoms with Crippen molar-refractivity contribution in [1.29, 1.82) is 0 Å². The minimum absolute atomic E-state index is 0.0384. The molecule has 0 spiro atoms. The summed E-state index contributed by atoms with van der Waals surface area (Å²) in [6.45, 7) is 1.26. The third-order valence-corrected chi connectivity index (χ3v) is 2.72. The minimum atomic E-state index is -0.434. The standard InChI is InChI=1S/C13H19N3O3/c14-8-1-2-9-15-13(17)7-6-11-4-3-5-12(10-11)16(18)19/h3-5,10H,1-2,6-9,14H2,(H,15,17). The lowest BCUT2D eigenvalue weighted by atomic mass is 10.1. The van der Waals surface area contributed by atoms with E-state index < -0.39 is 4.92 Å². The van der Waals surface area contributed by atoms with Gasteiger partial charge in [0.05, 0.1) is 4.92 Å². The van der Waals surface area contributed by atoms with Gasteiger partial charge < -0.3 is 11.1 Å². The number of carbonyl (C=O) groups excluding carboxylic acids is 1. The van der Waals surface area contributed by atoms with E-state index in [-0.39, 0.29) is 11.6 Å². The van der Waals surface area contributed by atoms with Crippen LogP contribution in [0.5, 0.6) is 0 Å². The van der Waals surface area contributed by atoms with E-state index in [4.69, 9.17) is 5.73 Å². The Morgan fingerprint density at radius 2 is 2.16 bits per heavy atom. The van der Waals surface area contributed by atoms with Crippen molar-refractivity contribution in [3.63, 3.8) is 0 Å². The van der Waals surface area contributed by atoms with Crippen molar-refractivity contribution in [3.05, 3.63) is 39.9 Å². The van der Waals surface area contributed by atoms with Gasteiger partial charge in [-0.05, 0) is 31.4 Å². The van der Waals surface area contributed by atoms with Crippen molar-refractivity contribution in [2.45, 2.75) is 25.7 Å². The van der Waals surface area contributed by atoms with E-state index in [0.717, 1.165) is 18.4 Å². The molecule has 1 amide bonds. The third kappa shape index (κ3) is 5.96. The predicted molar refractivity (Wildman–Crippen MR) is 72.7 cm³/mol. The van der Waals surface area contributed by atoms with Gasteiger partial charge in [0.2, 0.25) is 5.91 Å². The van der Waals surface area contributed by atoms with E-state index in [9.17, 15) is 14.9 Å². The number of hydrogen-bond donors (Lipinski definition) is 2. The Morgan fingerprint density at radius 3 is 2.84 bits per heavy atom. The molecule has 1 rings (SSSR count). The number of nitrogens with two attached hydrogens (primary N) is 1. The topological polar surface area (TPSA) is 98.3 Å². The molecule has 0 radical (unpaired) electrons. The fourth-order valence-electron chi connectivity index (χ4n) is 1.67. The lowest BCUT2D eigenvalue weighted by molar-refractivity contribution is -0.384. The molecule has 6 heteroatoms. The van der Waals surface area contributed by atoms with E-state index in [0.29, 0.717) is 25.9 Å². The van der Waals surface area contributed by atoms with Crippen molar-refractivity contribution in [1.82, 2.24) is 5.32 Å². The van der Waals surface area contributed by atoms with Gasteiger partial charge >= 0.3 is 0 Å². The van der Waals surface area contributed by atoms with E-state index in [1.54, 1.807) is 12.1 Å². The summed E-state index contributed by atoms with van der Waals surface area (Å²) in [6.07, 6.45) is 2.61. The number of nitrogens with zero attached hydrogens (tertiary/aromatic N) is 1. The van der Waals surface area contributed by atoms with Gasteiger partial charge in [0.25, 0.3) is 5.69 Å². The van der Waals surface area contributed by atoms with Crippen molar-refractivity contribution in [3.8, 4) is 0 Å². The zero-order valence-electron chi connectivity index (χ0n) is 10.8. The molecular formula is C13H19N3O3. The highest BCUT2D eigenvalue weighted by Gasteiger charge is 2.07. The van der Waals surface area contributed by atoms with Crippen LogP contribution in [0, 0.1) is 10.1 Å². The number of nitrogens with one attached hydrogen (secondary N) is 1. The van der Waals surface area contributed by atoms with E-state index >= 15 is 0 Å². The zero-order chi connectivity index (χ0) is 14.1. The Balaban J connectivity index is 2.33. The summed E-state index contributed by atoms with van der Waals surface area (Å²) < 4.78 is 0. The highest BCUT2D eigenvalue weighted by atomic mass is 16.6. The number of non-ortho nitro benzene ring substituents is 1. The molecule has 0 bridgehead atoms. The van der Waals surface area contributed by atoms with Crippen LogP contribution in [0.2, 0.25) is 0 Å². The molecule has 0 heterocycles. The number of hydrogen-bond acceptors (Lipinski definition) is 4. The summed E-state index contributed by atoms with van der Waals surface area (Å²) in [6, 6.07) is 6.36. The number of aryl methyl sites for hydroxylation is 1. The van der Waals surface area contributed by atoms with Gasteiger partial charge in [0, 0.05) is 25.1 Å². The van der Waals surface area contributed by atoms with Crippen LogP contribution in [0.25, 0.3) is 0 Å². The predicted octanol–water partition coefficient (Wildman–Crippen LogP) is 1.38. The van der Waals surface area contributed by atoms with E-state index in [1.165, 1.54) is 12.1 Å². The molecule has 19 heavy (non-hydrogen) atoms. The van der Waals surface area contributed by atoms with E-state index in [2.05, 4.69) is 5.32 Å². The third-order valence-electron chi connectivity index (χ3n) is 2.72. The van der Waals surface area contributed by atoms with Gasteiger partial charge in [-0.2, -0.15) is 0 Å². The van der Waals surface area contributed by atoms with Gasteiger partial charge in [0.15, 0.2) is 0 Å². The van der Waals surface area contributed by atoms with Crippen LogP contribution in [0.15, 0.2) is 24.3 Å². The van der Waals surface area contributed by atoms with Crippen LogP contribution in [0.4, 0.5) is 5.69 Å². The average Bonchev–Trinajstić information content (AvgIpc) is 2.41. The molecule has 6 nitrogen and oxygen atoms in total.